The van der Waals surface area contributed by atoms with Crippen LogP contribution in [-0.2, 0) is 20.0 Å². The minimum absolute atomic E-state index is 0. The van der Waals surface area contributed by atoms with Gasteiger partial charge in [0, 0.05) is 52.4 Å². The number of aromatic nitrogens is 2. The number of aryl methyl sites for hydroxylation is 1. The molecule has 0 aliphatic rings. The molecular formula is C17H28IN5O. The molecule has 24 heavy (non-hydrogen) atoms. The van der Waals surface area contributed by atoms with Crippen molar-refractivity contribution in [3.8, 4) is 0 Å². The lowest BCUT2D eigenvalue weighted by Crippen LogP contribution is -2.39. The lowest BCUT2D eigenvalue weighted by atomic mass is 10.1. The minimum Gasteiger partial charge on any atom is -0.469 e. The van der Waals surface area contributed by atoms with Crippen LogP contribution in [0, 0.1) is 0 Å². The van der Waals surface area contributed by atoms with Gasteiger partial charge >= 0.3 is 0 Å². The van der Waals surface area contributed by atoms with E-state index in [9.17, 15) is 0 Å². The van der Waals surface area contributed by atoms with Crippen molar-refractivity contribution in [3.63, 3.8) is 0 Å². The first-order chi connectivity index (χ1) is 11.0. The lowest BCUT2D eigenvalue weighted by Gasteiger charge is -2.22. The standard InChI is InChI=1S/C17H27N5O.HI/c1-13(2)16-14(12-22(5)20-16)11-21(4)17(18-3)19-9-8-15-7-6-10-23-15;/h6-7,10,12-13H,8-9,11H2,1-5H3,(H,18,19);1H. The van der Waals surface area contributed by atoms with E-state index in [-0.39, 0.29) is 24.0 Å². The van der Waals surface area contributed by atoms with Gasteiger partial charge in [0.15, 0.2) is 5.96 Å². The average Bonchev–Trinajstić information content (AvgIpc) is 3.13. The maximum atomic E-state index is 5.35. The van der Waals surface area contributed by atoms with Crippen molar-refractivity contribution in [3.05, 3.63) is 41.6 Å². The molecule has 0 aliphatic carbocycles. The molecule has 0 aromatic carbocycles. The zero-order chi connectivity index (χ0) is 16.8. The Labute approximate surface area is 161 Å². The molecule has 2 heterocycles. The molecule has 0 saturated carbocycles. The smallest absolute Gasteiger partial charge is 0.193 e. The highest BCUT2D eigenvalue weighted by Gasteiger charge is 2.15. The summed E-state index contributed by atoms with van der Waals surface area (Å²) >= 11 is 0. The largest absolute Gasteiger partial charge is 0.469 e. The van der Waals surface area contributed by atoms with Gasteiger partial charge in [-0.05, 0) is 18.1 Å². The van der Waals surface area contributed by atoms with E-state index in [1.807, 2.05) is 30.9 Å². The molecular weight excluding hydrogens is 417 g/mol. The predicted octanol–water partition coefficient (Wildman–Crippen LogP) is 3.00. The topological polar surface area (TPSA) is 58.6 Å². The van der Waals surface area contributed by atoms with Gasteiger partial charge in [0.2, 0.25) is 0 Å². The number of rotatable bonds is 6. The Kier molecular flexibility index (Phi) is 8.30. The van der Waals surface area contributed by atoms with Crippen molar-refractivity contribution in [2.45, 2.75) is 32.7 Å². The zero-order valence-electron chi connectivity index (χ0n) is 15.1. The maximum Gasteiger partial charge on any atom is 0.193 e. The Morgan fingerprint density at radius 1 is 1.46 bits per heavy atom. The summed E-state index contributed by atoms with van der Waals surface area (Å²) in [6.07, 6.45) is 4.62. The van der Waals surface area contributed by atoms with Crippen molar-refractivity contribution in [2.24, 2.45) is 12.0 Å². The highest BCUT2D eigenvalue weighted by molar-refractivity contribution is 14.0. The third-order valence-electron chi connectivity index (χ3n) is 3.70. The first kappa shape index (κ1) is 20.5. The van der Waals surface area contributed by atoms with Crippen LogP contribution in [0.4, 0.5) is 0 Å². The third-order valence-corrected chi connectivity index (χ3v) is 3.70. The van der Waals surface area contributed by atoms with E-state index in [2.05, 4.69) is 40.4 Å². The molecule has 0 radical (unpaired) electrons. The summed E-state index contributed by atoms with van der Waals surface area (Å²) in [6, 6.07) is 3.89. The number of furan rings is 1. The molecule has 0 atom stereocenters. The van der Waals surface area contributed by atoms with Crippen LogP contribution in [0.5, 0.6) is 0 Å². The summed E-state index contributed by atoms with van der Waals surface area (Å²) < 4.78 is 7.23. The van der Waals surface area contributed by atoms with E-state index in [1.165, 1.54) is 5.56 Å². The van der Waals surface area contributed by atoms with Crippen LogP contribution in [0.2, 0.25) is 0 Å². The monoisotopic (exact) mass is 445 g/mol. The van der Waals surface area contributed by atoms with E-state index < -0.39 is 0 Å². The summed E-state index contributed by atoms with van der Waals surface area (Å²) in [5.41, 5.74) is 2.38. The molecule has 0 fully saturated rings. The number of nitrogens with one attached hydrogen (secondary N) is 1. The van der Waals surface area contributed by atoms with Crippen LogP contribution in [0.1, 0.15) is 36.8 Å². The molecule has 0 unspecified atom stereocenters. The number of hydrogen-bond donors (Lipinski definition) is 1. The maximum absolute atomic E-state index is 5.35. The van der Waals surface area contributed by atoms with E-state index in [4.69, 9.17) is 4.42 Å². The predicted molar refractivity (Wildman–Crippen MR) is 108 cm³/mol. The minimum atomic E-state index is 0. The number of aliphatic imine (C=N–C) groups is 1. The molecule has 6 nitrogen and oxygen atoms in total. The molecule has 2 aromatic rings. The molecule has 7 heteroatoms. The number of nitrogens with zero attached hydrogens (tertiary/aromatic N) is 4. The van der Waals surface area contributed by atoms with Gasteiger partial charge in [-0.3, -0.25) is 9.67 Å². The van der Waals surface area contributed by atoms with Gasteiger partial charge in [-0.2, -0.15) is 5.10 Å². The third kappa shape index (κ3) is 5.54. The van der Waals surface area contributed by atoms with E-state index in [1.54, 1.807) is 13.3 Å². The van der Waals surface area contributed by atoms with Gasteiger partial charge in [-0.25, -0.2) is 0 Å². The van der Waals surface area contributed by atoms with Crippen LogP contribution in [0.15, 0.2) is 34.0 Å². The van der Waals surface area contributed by atoms with E-state index in [0.29, 0.717) is 5.92 Å². The SMILES string of the molecule is CN=C(NCCc1ccco1)N(C)Cc1cn(C)nc1C(C)C.I. The first-order valence-electron chi connectivity index (χ1n) is 7.97. The van der Waals surface area contributed by atoms with Gasteiger partial charge in [-0.15, -0.1) is 24.0 Å². The fourth-order valence-electron chi connectivity index (χ4n) is 2.63. The lowest BCUT2D eigenvalue weighted by molar-refractivity contribution is 0.467. The molecule has 0 saturated heterocycles. The Bertz CT molecular complexity index is 633. The second-order valence-corrected chi connectivity index (χ2v) is 6.03. The molecule has 134 valence electrons. The van der Waals surface area contributed by atoms with Gasteiger partial charge in [0.1, 0.15) is 5.76 Å². The van der Waals surface area contributed by atoms with Crippen molar-refractivity contribution >= 4 is 29.9 Å². The summed E-state index contributed by atoms with van der Waals surface area (Å²) in [7, 11) is 5.81. The van der Waals surface area contributed by atoms with E-state index >= 15 is 0 Å². The van der Waals surface area contributed by atoms with Crippen molar-refractivity contribution in [1.82, 2.24) is 20.0 Å². The molecule has 0 bridgehead atoms. The highest BCUT2D eigenvalue weighted by atomic mass is 127. The molecule has 1 N–H and O–H groups in total. The van der Waals surface area contributed by atoms with Gasteiger partial charge in [0.25, 0.3) is 0 Å². The molecule has 0 spiro atoms. The zero-order valence-corrected chi connectivity index (χ0v) is 17.4. The van der Waals surface area contributed by atoms with Gasteiger partial charge in [-0.1, -0.05) is 13.8 Å². The van der Waals surface area contributed by atoms with Crippen molar-refractivity contribution < 1.29 is 4.42 Å². The molecule has 0 aliphatic heterocycles. The fourth-order valence-corrected chi connectivity index (χ4v) is 2.63. The van der Waals surface area contributed by atoms with Crippen LogP contribution < -0.4 is 5.32 Å². The molecule has 2 rings (SSSR count). The molecule has 0 amide bonds. The average molecular weight is 445 g/mol. The van der Waals surface area contributed by atoms with Gasteiger partial charge < -0.3 is 14.6 Å². The Hall–Kier alpha value is -1.51. The Morgan fingerprint density at radius 2 is 2.21 bits per heavy atom. The van der Waals surface area contributed by atoms with Gasteiger partial charge in [0.05, 0.1) is 12.0 Å². The summed E-state index contributed by atoms with van der Waals surface area (Å²) in [5.74, 6) is 2.26. The number of hydrogen-bond acceptors (Lipinski definition) is 3. The first-order valence-corrected chi connectivity index (χ1v) is 7.97. The Balaban J connectivity index is 0.00000288. The van der Waals surface area contributed by atoms with E-state index in [0.717, 1.165) is 36.9 Å². The number of halogens is 1. The van der Waals surface area contributed by atoms with Crippen LogP contribution in [0.25, 0.3) is 0 Å². The second kappa shape index (κ2) is 9.71. The van der Waals surface area contributed by atoms with Crippen LogP contribution >= 0.6 is 24.0 Å². The second-order valence-electron chi connectivity index (χ2n) is 6.03. The normalized spacial score (nSPS) is 11.5. The fraction of sp³-hybridized carbons (Fsp3) is 0.529. The van der Waals surface area contributed by atoms with Crippen LogP contribution in [0.3, 0.4) is 0 Å². The summed E-state index contributed by atoms with van der Waals surface area (Å²) in [4.78, 5) is 6.47. The summed E-state index contributed by atoms with van der Waals surface area (Å²) in [6.45, 7) is 5.90. The Morgan fingerprint density at radius 3 is 2.79 bits per heavy atom. The quantitative estimate of drug-likeness (QED) is 0.422. The van der Waals surface area contributed by atoms with Crippen molar-refractivity contribution in [1.29, 1.82) is 0 Å². The molecule has 2 aromatic heterocycles. The van der Waals surface area contributed by atoms with Crippen molar-refractivity contribution in [2.75, 3.05) is 20.6 Å². The summed E-state index contributed by atoms with van der Waals surface area (Å²) in [5, 5.41) is 7.93. The number of guanidine groups is 1. The highest BCUT2D eigenvalue weighted by Crippen LogP contribution is 2.18. The van der Waals surface area contributed by atoms with Crippen LogP contribution in [-0.4, -0.2) is 41.3 Å².